The number of aryl methyl sites for hydroxylation is 2. The van der Waals surface area contributed by atoms with Crippen LogP contribution < -0.4 is 0 Å². The van der Waals surface area contributed by atoms with Crippen LogP contribution in [-0.4, -0.2) is 29.7 Å². The van der Waals surface area contributed by atoms with Gasteiger partial charge in [-0.3, -0.25) is 4.79 Å². The zero-order valence-electron chi connectivity index (χ0n) is 13.0. The Bertz CT molecular complexity index is 523. The maximum absolute atomic E-state index is 12.2. The Balaban J connectivity index is 2.30. The largest absolute Gasteiger partial charge is 0.356 e. The molecule has 3 nitrogen and oxygen atoms in total. The van der Waals surface area contributed by atoms with Gasteiger partial charge in [-0.15, -0.1) is 11.3 Å². The molecule has 1 aliphatic rings. The second-order valence-corrected chi connectivity index (χ2v) is 6.83. The van der Waals surface area contributed by atoms with Crippen LogP contribution >= 0.6 is 11.3 Å². The van der Waals surface area contributed by atoms with E-state index in [-0.39, 0.29) is 5.91 Å². The van der Waals surface area contributed by atoms with Crippen LogP contribution in [0.25, 0.3) is 0 Å². The molecular formula is C16H24N2OS. The minimum absolute atomic E-state index is 0.0464. The Kier molecular flexibility index (Phi) is 4.97. The third kappa shape index (κ3) is 2.80. The fourth-order valence-electron chi connectivity index (χ4n) is 2.67. The fourth-order valence-corrected chi connectivity index (χ4v) is 3.72. The van der Waals surface area contributed by atoms with Crippen molar-refractivity contribution in [3.05, 3.63) is 20.9 Å². The standard InChI is InChI=1S/C16H24N2OS/c1-5-7-9-18(10-8-6-2)15-13-11(3)20-12(4)14(13)16(19)17-15/h5-10H2,1-4H3. The number of unbranched alkanes of at least 4 members (excludes halogenated alkanes) is 2. The third-order valence-electron chi connectivity index (χ3n) is 3.77. The Labute approximate surface area is 125 Å². The van der Waals surface area contributed by atoms with Gasteiger partial charge in [-0.1, -0.05) is 26.7 Å². The van der Waals surface area contributed by atoms with E-state index in [0.29, 0.717) is 0 Å². The molecule has 0 saturated heterocycles. The molecule has 1 amide bonds. The number of amidine groups is 1. The summed E-state index contributed by atoms with van der Waals surface area (Å²) < 4.78 is 0. The van der Waals surface area contributed by atoms with E-state index >= 15 is 0 Å². The molecule has 0 bridgehead atoms. The Hall–Kier alpha value is -1.16. The van der Waals surface area contributed by atoms with Crippen molar-refractivity contribution in [1.29, 1.82) is 0 Å². The van der Waals surface area contributed by atoms with Crippen LogP contribution in [0.4, 0.5) is 0 Å². The molecule has 1 aromatic heterocycles. The molecule has 0 atom stereocenters. The zero-order chi connectivity index (χ0) is 14.7. The highest BCUT2D eigenvalue weighted by Crippen LogP contribution is 2.33. The van der Waals surface area contributed by atoms with E-state index in [2.05, 4.69) is 30.7 Å². The first kappa shape index (κ1) is 15.2. The number of thiophene rings is 1. The molecule has 4 heteroatoms. The van der Waals surface area contributed by atoms with Gasteiger partial charge in [0.1, 0.15) is 5.84 Å². The summed E-state index contributed by atoms with van der Waals surface area (Å²) in [5.74, 6) is 0.878. The summed E-state index contributed by atoms with van der Waals surface area (Å²) in [6.07, 6.45) is 4.62. The lowest BCUT2D eigenvalue weighted by Gasteiger charge is -2.24. The molecule has 0 aromatic carbocycles. The predicted octanol–water partition coefficient (Wildman–Crippen LogP) is 4.17. The van der Waals surface area contributed by atoms with Gasteiger partial charge in [0.2, 0.25) is 0 Å². The van der Waals surface area contributed by atoms with Crippen molar-refractivity contribution in [3.63, 3.8) is 0 Å². The molecule has 2 heterocycles. The molecule has 2 rings (SSSR count). The van der Waals surface area contributed by atoms with E-state index in [9.17, 15) is 4.79 Å². The van der Waals surface area contributed by atoms with E-state index in [1.807, 2.05) is 6.92 Å². The fraction of sp³-hybridized carbons (Fsp3) is 0.625. The van der Waals surface area contributed by atoms with Crippen molar-refractivity contribution >= 4 is 23.1 Å². The van der Waals surface area contributed by atoms with Gasteiger partial charge in [0.25, 0.3) is 5.91 Å². The number of hydrogen-bond donors (Lipinski definition) is 0. The van der Waals surface area contributed by atoms with Crippen LogP contribution in [0.5, 0.6) is 0 Å². The lowest BCUT2D eigenvalue weighted by Crippen LogP contribution is -2.33. The van der Waals surface area contributed by atoms with Crippen molar-refractivity contribution in [2.75, 3.05) is 13.1 Å². The van der Waals surface area contributed by atoms with Gasteiger partial charge in [0.05, 0.1) is 5.56 Å². The average Bonchev–Trinajstić information content (AvgIpc) is 2.90. The van der Waals surface area contributed by atoms with E-state index in [4.69, 9.17) is 0 Å². The third-order valence-corrected chi connectivity index (χ3v) is 4.79. The maximum Gasteiger partial charge on any atom is 0.280 e. The smallest absolute Gasteiger partial charge is 0.280 e. The highest BCUT2D eigenvalue weighted by Gasteiger charge is 2.31. The van der Waals surface area contributed by atoms with Gasteiger partial charge < -0.3 is 4.90 Å². The minimum atomic E-state index is -0.0464. The predicted molar refractivity (Wildman–Crippen MR) is 86.0 cm³/mol. The minimum Gasteiger partial charge on any atom is -0.356 e. The SMILES string of the molecule is CCCCN(CCCC)C1=NC(=O)c2c(C)sc(C)c21. The molecule has 110 valence electrons. The lowest BCUT2D eigenvalue weighted by molar-refractivity contribution is 0.101. The number of aliphatic imine (C=N–C) groups is 1. The van der Waals surface area contributed by atoms with Crippen molar-refractivity contribution in [2.24, 2.45) is 4.99 Å². The normalized spacial score (nSPS) is 13.6. The molecule has 20 heavy (non-hydrogen) atoms. The Morgan fingerprint density at radius 3 is 2.10 bits per heavy atom. The van der Waals surface area contributed by atoms with Gasteiger partial charge in [-0.2, -0.15) is 4.99 Å². The van der Waals surface area contributed by atoms with Crippen LogP contribution in [-0.2, 0) is 0 Å². The summed E-state index contributed by atoms with van der Waals surface area (Å²) in [7, 11) is 0. The average molecular weight is 292 g/mol. The van der Waals surface area contributed by atoms with Crippen LogP contribution in [0.15, 0.2) is 4.99 Å². The number of fused-ring (bicyclic) bond motifs is 1. The summed E-state index contributed by atoms with van der Waals surface area (Å²) in [5, 5.41) is 0. The van der Waals surface area contributed by atoms with E-state index in [1.54, 1.807) is 11.3 Å². The molecule has 0 N–H and O–H groups in total. The zero-order valence-corrected chi connectivity index (χ0v) is 13.8. The van der Waals surface area contributed by atoms with E-state index < -0.39 is 0 Å². The van der Waals surface area contributed by atoms with Gasteiger partial charge in [-0.25, -0.2) is 0 Å². The van der Waals surface area contributed by atoms with E-state index in [1.165, 1.54) is 17.7 Å². The topological polar surface area (TPSA) is 32.7 Å². The Morgan fingerprint density at radius 2 is 1.55 bits per heavy atom. The quantitative estimate of drug-likeness (QED) is 0.788. The van der Waals surface area contributed by atoms with E-state index in [0.717, 1.165) is 47.8 Å². The van der Waals surface area contributed by atoms with Crippen molar-refractivity contribution < 1.29 is 4.79 Å². The maximum atomic E-state index is 12.2. The molecular weight excluding hydrogens is 268 g/mol. The summed E-state index contributed by atoms with van der Waals surface area (Å²) in [4.78, 5) is 21.2. The molecule has 0 unspecified atom stereocenters. The number of carbonyl (C=O) groups excluding carboxylic acids is 1. The number of rotatable bonds is 6. The number of amides is 1. The summed E-state index contributed by atoms with van der Waals surface area (Å²) in [6, 6.07) is 0. The Morgan fingerprint density at radius 1 is 1.00 bits per heavy atom. The van der Waals surface area contributed by atoms with Crippen LogP contribution in [0.2, 0.25) is 0 Å². The first-order valence-corrected chi connectivity index (χ1v) is 8.40. The summed E-state index contributed by atoms with van der Waals surface area (Å²) in [6.45, 7) is 10.5. The van der Waals surface area contributed by atoms with Gasteiger partial charge >= 0.3 is 0 Å². The number of hydrogen-bond acceptors (Lipinski definition) is 3. The van der Waals surface area contributed by atoms with Crippen molar-refractivity contribution in [2.45, 2.75) is 53.4 Å². The first-order valence-electron chi connectivity index (χ1n) is 7.58. The molecule has 1 aromatic rings. The number of carbonyl (C=O) groups is 1. The summed E-state index contributed by atoms with van der Waals surface area (Å²) >= 11 is 1.72. The van der Waals surface area contributed by atoms with Gasteiger partial charge in [0.15, 0.2) is 0 Å². The highest BCUT2D eigenvalue weighted by atomic mass is 32.1. The van der Waals surface area contributed by atoms with Crippen molar-refractivity contribution in [1.82, 2.24) is 4.90 Å². The van der Waals surface area contributed by atoms with Crippen LogP contribution in [0.1, 0.15) is 65.2 Å². The van der Waals surface area contributed by atoms with Gasteiger partial charge in [-0.05, 0) is 26.7 Å². The molecule has 1 aliphatic heterocycles. The second kappa shape index (κ2) is 6.53. The molecule has 0 radical (unpaired) electrons. The van der Waals surface area contributed by atoms with Crippen LogP contribution in [0, 0.1) is 13.8 Å². The van der Waals surface area contributed by atoms with Crippen LogP contribution in [0.3, 0.4) is 0 Å². The number of nitrogens with zero attached hydrogens (tertiary/aromatic N) is 2. The highest BCUT2D eigenvalue weighted by molar-refractivity contribution is 7.12. The van der Waals surface area contributed by atoms with Gasteiger partial charge in [0, 0.05) is 28.4 Å². The molecule has 0 spiro atoms. The molecule has 0 fully saturated rings. The second-order valence-electron chi connectivity index (χ2n) is 5.40. The molecule has 0 saturated carbocycles. The molecule has 0 aliphatic carbocycles. The van der Waals surface area contributed by atoms with Crippen molar-refractivity contribution in [3.8, 4) is 0 Å². The summed E-state index contributed by atoms with van der Waals surface area (Å²) in [5.41, 5.74) is 1.95. The monoisotopic (exact) mass is 292 g/mol. The lowest BCUT2D eigenvalue weighted by atomic mass is 10.1. The first-order chi connectivity index (χ1) is 9.60.